The molecule has 0 radical (unpaired) electrons. The molecule has 7 nitrogen and oxygen atoms in total. The Morgan fingerprint density at radius 1 is 1.11 bits per heavy atom. The van der Waals surface area contributed by atoms with E-state index in [2.05, 4.69) is 10.1 Å². The minimum absolute atomic E-state index is 0.106. The Kier molecular flexibility index (Phi) is 5.04. The van der Waals surface area contributed by atoms with Gasteiger partial charge in [-0.25, -0.2) is 4.98 Å². The second-order valence-corrected chi connectivity index (χ2v) is 8.10. The third kappa shape index (κ3) is 3.60. The number of nitrogens with zero attached hydrogens (tertiary/aromatic N) is 4. The lowest BCUT2D eigenvalue weighted by Crippen LogP contribution is -2.24. The number of para-hydroxylation sites is 1. The molecule has 0 spiro atoms. The van der Waals surface area contributed by atoms with E-state index in [4.69, 9.17) is 13.9 Å². The SMILES string of the molecule is CC(C)c1noc(C(C)Sc2nc3ccccc3c(=O)n2Cc2ccco2)n1. The first kappa shape index (κ1) is 18.5. The number of rotatable bonds is 6. The van der Waals surface area contributed by atoms with E-state index in [9.17, 15) is 4.79 Å². The van der Waals surface area contributed by atoms with Crippen molar-refractivity contribution < 1.29 is 8.94 Å². The third-order valence-corrected chi connectivity index (χ3v) is 5.40. The average Bonchev–Trinajstić information content (AvgIpc) is 3.37. The summed E-state index contributed by atoms with van der Waals surface area (Å²) < 4.78 is 12.5. The first-order valence-corrected chi connectivity index (χ1v) is 9.93. The van der Waals surface area contributed by atoms with Crippen molar-refractivity contribution in [1.82, 2.24) is 19.7 Å². The molecule has 4 aromatic rings. The normalized spacial score (nSPS) is 12.7. The maximum absolute atomic E-state index is 13.1. The summed E-state index contributed by atoms with van der Waals surface area (Å²) in [5.41, 5.74) is 0.552. The largest absolute Gasteiger partial charge is 0.467 e. The number of hydrogen-bond acceptors (Lipinski definition) is 7. The van der Waals surface area contributed by atoms with E-state index in [-0.39, 0.29) is 16.7 Å². The molecule has 3 aromatic heterocycles. The van der Waals surface area contributed by atoms with Crippen molar-refractivity contribution in [2.75, 3.05) is 0 Å². The van der Waals surface area contributed by atoms with Crippen LogP contribution in [0.15, 0.2) is 61.6 Å². The van der Waals surface area contributed by atoms with Crippen molar-refractivity contribution in [1.29, 1.82) is 0 Å². The Hall–Kier alpha value is -2.87. The molecular formula is C20H20N4O3S. The van der Waals surface area contributed by atoms with Crippen LogP contribution in [0.25, 0.3) is 10.9 Å². The molecule has 1 unspecified atom stereocenters. The lowest BCUT2D eigenvalue weighted by atomic mass is 10.2. The quantitative estimate of drug-likeness (QED) is 0.353. The van der Waals surface area contributed by atoms with E-state index in [1.807, 2.05) is 45.0 Å². The first-order valence-electron chi connectivity index (χ1n) is 9.05. The van der Waals surface area contributed by atoms with Crippen LogP contribution in [0, 0.1) is 0 Å². The Labute approximate surface area is 165 Å². The van der Waals surface area contributed by atoms with Crippen molar-refractivity contribution in [3.8, 4) is 0 Å². The van der Waals surface area contributed by atoms with Crippen molar-refractivity contribution in [3.05, 3.63) is 70.5 Å². The number of hydrogen-bond donors (Lipinski definition) is 0. The van der Waals surface area contributed by atoms with E-state index in [0.717, 1.165) is 0 Å². The van der Waals surface area contributed by atoms with Crippen LogP contribution in [0.2, 0.25) is 0 Å². The molecule has 0 saturated heterocycles. The second kappa shape index (κ2) is 7.63. The molecule has 0 saturated carbocycles. The van der Waals surface area contributed by atoms with Gasteiger partial charge >= 0.3 is 0 Å². The molecule has 0 aliphatic rings. The van der Waals surface area contributed by atoms with Crippen molar-refractivity contribution in [2.45, 2.75) is 43.6 Å². The van der Waals surface area contributed by atoms with Gasteiger partial charge in [0, 0.05) is 5.92 Å². The molecule has 0 bridgehead atoms. The van der Waals surface area contributed by atoms with Crippen LogP contribution in [0.1, 0.15) is 49.4 Å². The monoisotopic (exact) mass is 396 g/mol. The molecule has 1 atom stereocenters. The summed E-state index contributed by atoms with van der Waals surface area (Å²) in [6.07, 6.45) is 1.59. The van der Waals surface area contributed by atoms with Gasteiger partial charge in [-0.05, 0) is 31.2 Å². The summed E-state index contributed by atoms with van der Waals surface area (Å²) in [5.74, 6) is 2.06. The summed E-state index contributed by atoms with van der Waals surface area (Å²) in [6.45, 7) is 6.29. The Morgan fingerprint density at radius 2 is 1.93 bits per heavy atom. The van der Waals surface area contributed by atoms with E-state index < -0.39 is 0 Å². The lowest BCUT2D eigenvalue weighted by molar-refractivity contribution is 0.372. The Morgan fingerprint density at radius 3 is 2.64 bits per heavy atom. The summed E-state index contributed by atoms with van der Waals surface area (Å²) in [5, 5.41) is 5.02. The van der Waals surface area contributed by atoms with Crippen LogP contribution in [0.5, 0.6) is 0 Å². The van der Waals surface area contributed by atoms with Crippen molar-refractivity contribution in [2.24, 2.45) is 0 Å². The zero-order valence-electron chi connectivity index (χ0n) is 15.8. The molecule has 1 aromatic carbocycles. The fourth-order valence-corrected chi connectivity index (χ4v) is 3.73. The Balaban J connectivity index is 1.74. The number of aromatic nitrogens is 4. The average molecular weight is 396 g/mol. The fourth-order valence-electron chi connectivity index (χ4n) is 2.79. The standard InChI is InChI=1S/C20H20N4O3S/c1-12(2)17-22-18(27-23-17)13(3)28-20-21-16-9-5-4-8-15(16)19(25)24(20)11-14-7-6-10-26-14/h4-10,12-13H,11H2,1-3H3. The molecule has 28 heavy (non-hydrogen) atoms. The molecular weight excluding hydrogens is 376 g/mol. The molecule has 0 fully saturated rings. The lowest BCUT2D eigenvalue weighted by Gasteiger charge is -2.14. The van der Waals surface area contributed by atoms with Crippen LogP contribution in [0.4, 0.5) is 0 Å². The zero-order valence-corrected chi connectivity index (χ0v) is 16.6. The Bertz CT molecular complexity index is 1150. The van der Waals surface area contributed by atoms with E-state index in [1.54, 1.807) is 23.0 Å². The number of thioether (sulfide) groups is 1. The summed E-state index contributed by atoms with van der Waals surface area (Å²) in [7, 11) is 0. The van der Waals surface area contributed by atoms with E-state index in [0.29, 0.717) is 40.1 Å². The van der Waals surface area contributed by atoms with Gasteiger partial charge in [0.1, 0.15) is 5.76 Å². The summed E-state index contributed by atoms with van der Waals surface area (Å²) in [6, 6.07) is 11.0. The topological polar surface area (TPSA) is 87.0 Å². The second-order valence-electron chi connectivity index (χ2n) is 6.79. The van der Waals surface area contributed by atoms with Crippen LogP contribution < -0.4 is 5.56 Å². The van der Waals surface area contributed by atoms with Crippen LogP contribution in [0.3, 0.4) is 0 Å². The van der Waals surface area contributed by atoms with Gasteiger partial charge in [0.15, 0.2) is 11.0 Å². The highest BCUT2D eigenvalue weighted by Gasteiger charge is 2.21. The van der Waals surface area contributed by atoms with Gasteiger partial charge in [-0.1, -0.05) is 42.9 Å². The number of fused-ring (bicyclic) bond motifs is 1. The third-order valence-electron chi connectivity index (χ3n) is 4.32. The molecule has 4 rings (SSSR count). The molecule has 144 valence electrons. The number of furan rings is 1. The smallest absolute Gasteiger partial charge is 0.262 e. The van der Waals surface area contributed by atoms with Crippen molar-refractivity contribution in [3.63, 3.8) is 0 Å². The molecule has 0 amide bonds. The molecule has 0 N–H and O–H groups in total. The minimum Gasteiger partial charge on any atom is -0.467 e. The highest BCUT2D eigenvalue weighted by atomic mass is 32.2. The van der Waals surface area contributed by atoms with Gasteiger partial charge in [0.2, 0.25) is 5.89 Å². The van der Waals surface area contributed by atoms with Crippen LogP contribution in [-0.2, 0) is 6.54 Å². The highest BCUT2D eigenvalue weighted by Crippen LogP contribution is 2.33. The molecule has 0 aliphatic heterocycles. The van der Waals surface area contributed by atoms with E-state index in [1.165, 1.54) is 11.8 Å². The number of benzene rings is 1. The van der Waals surface area contributed by atoms with Gasteiger partial charge in [-0.15, -0.1) is 0 Å². The van der Waals surface area contributed by atoms with Gasteiger partial charge < -0.3 is 8.94 Å². The maximum Gasteiger partial charge on any atom is 0.262 e. The molecule has 3 heterocycles. The van der Waals surface area contributed by atoms with Crippen LogP contribution in [-0.4, -0.2) is 19.7 Å². The predicted molar refractivity (Wildman–Crippen MR) is 106 cm³/mol. The van der Waals surface area contributed by atoms with E-state index >= 15 is 0 Å². The highest BCUT2D eigenvalue weighted by molar-refractivity contribution is 7.99. The molecule has 0 aliphatic carbocycles. The van der Waals surface area contributed by atoms with Crippen molar-refractivity contribution >= 4 is 22.7 Å². The predicted octanol–water partition coefficient (Wildman–Crippen LogP) is 4.40. The van der Waals surface area contributed by atoms with Gasteiger partial charge in [-0.3, -0.25) is 9.36 Å². The zero-order chi connectivity index (χ0) is 19.7. The van der Waals surface area contributed by atoms with Crippen LogP contribution >= 0.6 is 11.8 Å². The minimum atomic E-state index is -0.157. The summed E-state index contributed by atoms with van der Waals surface area (Å²) >= 11 is 1.41. The van der Waals surface area contributed by atoms with Gasteiger partial charge in [0.05, 0.1) is 29.0 Å². The summed E-state index contributed by atoms with van der Waals surface area (Å²) in [4.78, 5) is 22.3. The molecule has 8 heteroatoms. The fraction of sp³-hybridized carbons (Fsp3) is 0.300. The first-order chi connectivity index (χ1) is 13.5. The van der Waals surface area contributed by atoms with Gasteiger partial charge in [-0.2, -0.15) is 4.98 Å². The maximum atomic E-state index is 13.1. The van der Waals surface area contributed by atoms with Gasteiger partial charge in [0.25, 0.3) is 5.56 Å².